The predicted molar refractivity (Wildman–Crippen MR) is 114 cm³/mol. The van der Waals surface area contributed by atoms with Crippen molar-refractivity contribution in [2.75, 3.05) is 12.2 Å². The molecule has 3 atom stereocenters. The second kappa shape index (κ2) is 8.51. The first-order valence-electron chi connectivity index (χ1n) is 9.85. The van der Waals surface area contributed by atoms with Gasteiger partial charge in [0.2, 0.25) is 5.78 Å². The molecule has 0 saturated carbocycles. The third kappa shape index (κ3) is 3.72. The Labute approximate surface area is 175 Å². The first kappa shape index (κ1) is 19.9. The zero-order chi connectivity index (χ0) is 21.1. The summed E-state index contributed by atoms with van der Waals surface area (Å²) in [6.45, 7) is 2.00. The minimum Gasteiger partial charge on any atom is -0.463 e. The molecule has 0 bridgehead atoms. The Morgan fingerprint density at radius 3 is 2.03 bits per heavy atom. The number of aryl methyl sites for hydroxylation is 1. The molecule has 3 aromatic carbocycles. The predicted octanol–water partition coefficient (Wildman–Crippen LogP) is 4.59. The van der Waals surface area contributed by atoms with Gasteiger partial charge >= 0.3 is 5.97 Å². The molecule has 0 spiro atoms. The van der Waals surface area contributed by atoms with Crippen LogP contribution in [0.15, 0.2) is 84.9 Å². The molecule has 152 valence electrons. The molecule has 0 aliphatic carbocycles. The van der Waals surface area contributed by atoms with E-state index in [2.05, 4.69) is 0 Å². The first-order valence-corrected chi connectivity index (χ1v) is 9.85. The number of methoxy groups -OCH3 is 1. The van der Waals surface area contributed by atoms with E-state index in [1.54, 1.807) is 5.06 Å². The molecule has 30 heavy (non-hydrogen) atoms. The zero-order valence-electron chi connectivity index (χ0n) is 16.9. The molecule has 0 N–H and O–H groups in total. The standard InChI is InChI=1S/C25H23NO4/c1-17-13-15-19(16-14-17)24-21(23(27)25(28)29-2)22(18-9-5-3-6-10-18)26(30-24)20-11-7-4-8-12-20/h3-16,21-22,24H,1-2H3/t21-,22+,24-/m0/s1. The van der Waals surface area contributed by atoms with Gasteiger partial charge in [-0.25, -0.2) is 9.86 Å². The van der Waals surface area contributed by atoms with Crippen LogP contribution in [0.3, 0.4) is 0 Å². The monoisotopic (exact) mass is 401 g/mol. The molecule has 5 heteroatoms. The minimum atomic E-state index is -0.864. The number of hydroxylamine groups is 1. The Bertz CT molecular complexity index is 1020. The van der Waals surface area contributed by atoms with Crippen LogP contribution in [0, 0.1) is 12.8 Å². The van der Waals surface area contributed by atoms with E-state index < -0.39 is 29.8 Å². The molecule has 1 heterocycles. The van der Waals surface area contributed by atoms with Crippen molar-refractivity contribution < 1.29 is 19.2 Å². The minimum absolute atomic E-state index is 0.480. The van der Waals surface area contributed by atoms with Crippen molar-refractivity contribution in [1.29, 1.82) is 0 Å². The molecule has 1 fully saturated rings. The fourth-order valence-electron chi connectivity index (χ4n) is 3.90. The molecule has 0 radical (unpaired) electrons. The van der Waals surface area contributed by atoms with E-state index in [4.69, 9.17) is 9.57 Å². The number of esters is 1. The van der Waals surface area contributed by atoms with Crippen molar-refractivity contribution >= 4 is 17.4 Å². The molecular weight excluding hydrogens is 378 g/mol. The lowest BCUT2D eigenvalue weighted by molar-refractivity contribution is -0.154. The molecule has 5 nitrogen and oxygen atoms in total. The molecule has 1 aliphatic rings. The van der Waals surface area contributed by atoms with Gasteiger partial charge in [0, 0.05) is 0 Å². The maximum absolute atomic E-state index is 13.2. The van der Waals surface area contributed by atoms with E-state index >= 15 is 0 Å². The summed E-state index contributed by atoms with van der Waals surface area (Å²) < 4.78 is 4.79. The summed E-state index contributed by atoms with van der Waals surface area (Å²) >= 11 is 0. The number of rotatable bonds is 5. The van der Waals surface area contributed by atoms with Crippen LogP contribution < -0.4 is 5.06 Å². The van der Waals surface area contributed by atoms with Crippen LogP contribution in [0.4, 0.5) is 5.69 Å². The van der Waals surface area contributed by atoms with Crippen LogP contribution in [0.5, 0.6) is 0 Å². The molecule has 0 aromatic heterocycles. The van der Waals surface area contributed by atoms with E-state index in [9.17, 15) is 9.59 Å². The van der Waals surface area contributed by atoms with Crippen molar-refractivity contribution in [3.8, 4) is 0 Å². The van der Waals surface area contributed by atoms with Gasteiger partial charge in [0.05, 0.1) is 24.8 Å². The topological polar surface area (TPSA) is 55.8 Å². The van der Waals surface area contributed by atoms with Crippen LogP contribution in [0.1, 0.15) is 28.8 Å². The van der Waals surface area contributed by atoms with Crippen molar-refractivity contribution in [3.05, 3.63) is 102 Å². The summed E-state index contributed by atoms with van der Waals surface area (Å²) in [5, 5.41) is 1.74. The first-order chi connectivity index (χ1) is 14.6. The smallest absolute Gasteiger partial charge is 0.374 e. The molecule has 1 saturated heterocycles. The van der Waals surface area contributed by atoms with Gasteiger partial charge in [0.1, 0.15) is 6.10 Å². The quantitative estimate of drug-likeness (QED) is 0.462. The van der Waals surface area contributed by atoms with Crippen LogP contribution in [-0.4, -0.2) is 18.9 Å². The number of para-hydroxylation sites is 1. The summed E-state index contributed by atoms with van der Waals surface area (Å²) in [6.07, 6.45) is -0.623. The van der Waals surface area contributed by atoms with Gasteiger partial charge in [-0.05, 0) is 30.2 Å². The number of hydrogen-bond acceptors (Lipinski definition) is 5. The number of anilines is 1. The van der Waals surface area contributed by atoms with Crippen molar-refractivity contribution in [2.45, 2.75) is 19.1 Å². The van der Waals surface area contributed by atoms with Gasteiger partial charge in [-0.2, -0.15) is 0 Å². The normalized spacial score (nSPS) is 20.7. The SMILES string of the molecule is COC(=O)C(=O)[C@@H]1[C@@H](c2ccccc2)N(c2ccccc2)O[C@H]1c1ccc(C)cc1. The Hall–Kier alpha value is -3.44. The van der Waals surface area contributed by atoms with Crippen molar-refractivity contribution in [3.63, 3.8) is 0 Å². The second-order valence-electron chi connectivity index (χ2n) is 7.34. The van der Waals surface area contributed by atoms with Gasteiger partial charge in [-0.1, -0.05) is 78.4 Å². The summed E-state index contributed by atoms with van der Waals surface area (Å²) in [7, 11) is 1.23. The molecule has 4 rings (SSSR count). The Morgan fingerprint density at radius 1 is 0.833 bits per heavy atom. The lowest BCUT2D eigenvalue weighted by Crippen LogP contribution is -2.33. The Kier molecular flexibility index (Phi) is 5.63. The van der Waals surface area contributed by atoms with Gasteiger partial charge in [0.25, 0.3) is 0 Å². The Morgan fingerprint density at radius 2 is 1.43 bits per heavy atom. The second-order valence-corrected chi connectivity index (χ2v) is 7.34. The molecule has 1 aliphatic heterocycles. The molecule has 3 aromatic rings. The van der Waals surface area contributed by atoms with Gasteiger partial charge in [-0.15, -0.1) is 0 Å². The highest BCUT2D eigenvalue weighted by molar-refractivity contribution is 6.34. The maximum atomic E-state index is 13.2. The fraction of sp³-hybridized carbons (Fsp3) is 0.200. The van der Waals surface area contributed by atoms with E-state index in [1.807, 2.05) is 91.9 Å². The molecule has 0 unspecified atom stereocenters. The number of ketones is 1. The lowest BCUT2D eigenvalue weighted by Gasteiger charge is -2.26. The van der Waals surface area contributed by atoms with E-state index in [0.717, 1.165) is 22.4 Å². The highest BCUT2D eigenvalue weighted by Gasteiger charge is 2.51. The molecule has 0 amide bonds. The van der Waals surface area contributed by atoms with E-state index in [1.165, 1.54) is 7.11 Å². The third-order valence-corrected chi connectivity index (χ3v) is 5.39. The Balaban J connectivity index is 1.86. The lowest BCUT2D eigenvalue weighted by atomic mass is 9.83. The zero-order valence-corrected chi connectivity index (χ0v) is 16.9. The summed E-state index contributed by atoms with van der Waals surface area (Å²) in [5.41, 5.74) is 3.64. The number of Topliss-reactive ketones (excluding diaryl/α,β-unsaturated/α-hetero) is 1. The van der Waals surface area contributed by atoms with Crippen LogP contribution in [-0.2, 0) is 19.2 Å². The fourth-order valence-corrected chi connectivity index (χ4v) is 3.90. The highest BCUT2D eigenvalue weighted by Crippen LogP contribution is 2.49. The number of carbonyl (C=O) groups excluding carboxylic acids is 2. The number of nitrogens with zero attached hydrogens (tertiary/aromatic N) is 1. The summed E-state index contributed by atoms with van der Waals surface area (Å²) in [5.74, 6) is -2.23. The van der Waals surface area contributed by atoms with Crippen molar-refractivity contribution in [1.82, 2.24) is 0 Å². The van der Waals surface area contributed by atoms with Crippen LogP contribution in [0.2, 0.25) is 0 Å². The van der Waals surface area contributed by atoms with E-state index in [-0.39, 0.29) is 0 Å². The summed E-state index contributed by atoms with van der Waals surface area (Å²) in [6, 6.07) is 26.6. The van der Waals surface area contributed by atoms with E-state index in [0.29, 0.717) is 0 Å². The number of carbonyl (C=O) groups is 2. The van der Waals surface area contributed by atoms with Crippen molar-refractivity contribution in [2.24, 2.45) is 5.92 Å². The van der Waals surface area contributed by atoms with Gasteiger partial charge in [-0.3, -0.25) is 9.63 Å². The third-order valence-electron chi connectivity index (χ3n) is 5.39. The number of ether oxygens (including phenoxy) is 1. The van der Waals surface area contributed by atoms with Crippen LogP contribution >= 0.6 is 0 Å². The summed E-state index contributed by atoms with van der Waals surface area (Å²) in [4.78, 5) is 31.9. The highest BCUT2D eigenvalue weighted by atomic mass is 16.7. The number of benzene rings is 3. The maximum Gasteiger partial charge on any atom is 0.374 e. The number of hydrogen-bond donors (Lipinski definition) is 0. The average molecular weight is 401 g/mol. The molecular formula is C25H23NO4. The average Bonchev–Trinajstić information content (AvgIpc) is 3.20. The van der Waals surface area contributed by atoms with Gasteiger partial charge < -0.3 is 4.74 Å². The largest absolute Gasteiger partial charge is 0.463 e. The van der Waals surface area contributed by atoms with Crippen LogP contribution in [0.25, 0.3) is 0 Å². The van der Waals surface area contributed by atoms with Gasteiger partial charge in [0.15, 0.2) is 0 Å².